The Balaban J connectivity index is 1.61. The van der Waals surface area contributed by atoms with E-state index in [1.54, 1.807) is 12.4 Å². The van der Waals surface area contributed by atoms with Crippen LogP contribution in [-0.2, 0) is 0 Å². The van der Waals surface area contributed by atoms with Gasteiger partial charge in [0.15, 0.2) is 5.65 Å². The number of nitrogens with one attached hydrogen (secondary N) is 1. The third kappa shape index (κ3) is 2.90. The maximum atomic E-state index is 14.7. The Hall–Kier alpha value is -3.39. The lowest BCUT2D eigenvalue weighted by Crippen LogP contribution is -2.44. The number of halogens is 2. The van der Waals surface area contributed by atoms with Gasteiger partial charge in [0.2, 0.25) is 0 Å². The zero-order valence-electron chi connectivity index (χ0n) is 16.9. The summed E-state index contributed by atoms with van der Waals surface area (Å²) in [5, 5.41) is 3.51. The molecule has 31 heavy (non-hydrogen) atoms. The fourth-order valence-electron chi connectivity index (χ4n) is 4.76. The van der Waals surface area contributed by atoms with Gasteiger partial charge in [0, 0.05) is 43.6 Å². The van der Waals surface area contributed by atoms with E-state index in [9.17, 15) is 8.78 Å². The first-order valence-corrected chi connectivity index (χ1v) is 10.3. The molecule has 2 fully saturated rings. The van der Waals surface area contributed by atoms with E-state index in [1.165, 1.54) is 12.1 Å². The van der Waals surface area contributed by atoms with Gasteiger partial charge in [0.25, 0.3) is 0 Å². The van der Waals surface area contributed by atoms with E-state index in [4.69, 9.17) is 9.97 Å². The molecule has 0 aliphatic carbocycles. The van der Waals surface area contributed by atoms with E-state index >= 15 is 0 Å². The number of hydrogen-bond acceptors (Lipinski definition) is 5. The van der Waals surface area contributed by atoms with Gasteiger partial charge >= 0.3 is 0 Å². The number of anilines is 1. The Kier molecular flexibility index (Phi) is 4.04. The van der Waals surface area contributed by atoms with Crippen molar-refractivity contribution >= 4 is 17.0 Å². The standard InChI is InChI=1S/C23H20F2N6/c1-13-8-20(30-12-15-10-17(30)11-27-15)28-23-21(13)29-22(18-3-2-14(24)9-19(18)25)31(23)16-4-6-26-7-5-16/h2-9,15,17,27H,10-12H2,1H3/t15-,17-/m1/s1. The van der Waals surface area contributed by atoms with E-state index < -0.39 is 11.6 Å². The third-order valence-corrected chi connectivity index (χ3v) is 6.24. The van der Waals surface area contributed by atoms with Crippen molar-refractivity contribution in [2.45, 2.75) is 25.4 Å². The van der Waals surface area contributed by atoms with Gasteiger partial charge in [-0.15, -0.1) is 0 Å². The number of fused-ring (bicyclic) bond motifs is 3. The molecule has 6 nitrogen and oxygen atoms in total. The summed E-state index contributed by atoms with van der Waals surface area (Å²) >= 11 is 0. The number of nitrogens with zero attached hydrogens (tertiary/aromatic N) is 5. The van der Waals surface area contributed by atoms with Gasteiger partial charge in [0.05, 0.1) is 11.3 Å². The maximum Gasteiger partial charge on any atom is 0.167 e. The first-order valence-electron chi connectivity index (χ1n) is 10.3. The minimum absolute atomic E-state index is 0.224. The largest absolute Gasteiger partial charge is 0.351 e. The molecule has 2 saturated heterocycles. The molecule has 0 saturated carbocycles. The Bertz CT molecular complexity index is 1300. The fourth-order valence-corrected chi connectivity index (χ4v) is 4.76. The lowest BCUT2D eigenvalue weighted by molar-refractivity contribution is 0.576. The highest BCUT2D eigenvalue weighted by Gasteiger charge is 2.38. The van der Waals surface area contributed by atoms with Crippen LogP contribution in [0.2, 0.25) is 0 Å². The number of imidazole rings is 1. The van der Waals surface area contributed by atoms with Crippen molar-refractivity contribution in [2.24, 2.45) is 0 Å². The molecule has 2 aliphatic heterocycles. The van der Waals surface area contributed by atoms with Gasteiger partial charge < -0.3 is 10.2 Å². The van der Waals surface area contributed by atoms with Crippen LogP contribution in [0, 0.1) is 18.6 Å². The predicted octanol–water partition coefficient (Wildman–Crippen LogP) is 3.62. The molecule has 0 radical (unpaired) electrons. The van der Waals surface area contributed by atoms with Gasteiger partial charge in [-0.2, -0.15) is 0 Å². The highest BCUT2D eigenvalue weighted by molar-refractivity contribution is 5.84. The van der Waals surface area contributed by atoms with Crippen LogP contribution < -0.4 is 10.2 Å². The van der Waals surface area contributed by atoms with Crippen molar-refractivity contribution in [3.8, 4) is 17.1 Å². The lowest BCUT2D eigenvalue weighted by Gasteiger charge is -2.28. The van der Waals surface area contributed by atoms with Crippen molar-refractivity contribution in [3.05, 3.63) is 66.0 Å². The average Bonchev–Trinajstić information content (AvgIpc) is 3.48. The summed E-state index contributed by atoms with van der Waals surface area (Å²) in [7, 11) is 0. The predicted molar refractivity (Wildman–Crippen MR) is 114 cm³/mol. The molecule has 0 amide bonds. The second kappa shape index (κ2) is 6.81. The summed E-state index contributed by atoms with van der Waals surface area (Å²) in [5.74, 6) is 0.00455. The SMILES string of the molecule is Cc1cc(N2C[C@H]3C[C@@H]2CN3)nc2c1nc(-c1ccc(F)cc1F)n2-c1ccncc1. The molecule has 0 spiro atoms. The number of hydrogen-bond donors (Lipinski definition) is 1. The Labute approximate surface area is 177 Å². The Morgan fingerprint density at radius 1 is 1.06 bits per heavy atom. The first kappa shape index (κ1) is 18.4. The van der Waals surface area contributed by atoms with E-state index in [0.717, 1.165) is 42.6 Å². The number of rotatable bonds is 3. The second-order valence-electron chi connectivity index (χ2n) is 8.22. The van der Waals surface area contributed by atoms with Crippen LogP contribution >= 0.6 is 0 Å². The lowest BCUT2D eigenvalue weighted by atomic mass is 10.2. The van der Waals surface area contributed by atoms with Crippen molar-refractivity contribution in [1.82, 2.24) is 24.8 Å². The monoisotopic (exact) mass is 418 g/mol. The highest BCUT2D eigenvalue weighted by atomic mass is 19.1. The zero-order valence-corrected chi connectivity index (χ0v) is 16.9. The highest BCUT2D eigenvalue weighted by Crippen LogP contribution is 2.34. The van der Waals surface area contributed by atoms with Crippen LogP contribution in [0.5, 0.6) is 0 Å². The van der Waals surface area contributed by atoms with Crippen LogP contribution in [0.25, 0.3) is 28.2 Å². The number of pyridine rings is 2. The Morgan fingerprint density at radius 2 is 1.90 bits per heavy atom. The van der Waals surface area contributed by atoms with Crippen LogP contribution in [0.3, 0.4) is 0 Å². The molecule has 1 N–H and O–H groups in total. The molecule has 0 unspecified atom stereocenters. The molecule has 2 bridgehead atoms. The maximum absolute atomic E-state index is 14.7. The third-order valence-electron chi connectivity index (χ3n) is 6.24. The van der Waals surface area contributed by atoms with Gasteiger partial charge in [-0.25, -0.2) is 18.7 Å². The summed E-state index contributed by atoms with van der Waals surface area (Å²) in [5.41, 5.74) is 3.30. The van der Waals surface area contributed by atoms with Gasteiger partial charge in [0.1, 0.15) is 28.8 Å². The number of benzene rings is 1. The summed E-state index contributed by atoms with van der Waals surface area (Å²) in [6, 6.07) is 10.2. The van der Waals surface area contributed by atoms with Gasteiger partial charge in [-0.1, -0.05) is 0 Å². The van der Waals surface area contributed by atoms with E-state index in [0.29, 0.717) is 29.1 Å². The molecule has 2 atom stereocenters. The van der Waals surface area contributed by atoms with Gasteiger partial charge in [-0.3, -0.25) is 9.55 Å². The molecule has 156 valence electrons. The van der Waals surface area contributed by atoms with Crippen molar-refractivity contribution in [3.63, 3.8) is 0 Å². The van der Waals surface area contributed by atoms with Crippen LogP contribution in [0.1, 0.15) is 12.0 Å². The summed E-state index contributed by atoms with van der Waals surface area (Å²) in [6.07, 6.45) is 4.47. The second-order valence-corrected chi connectivity index (χ2v) is 8.22. The molecule has 3 aromatic heterocycles. The average molecular weight is 418 g/mol. The number of piperazine rings is 1. The van der Waals surface area contributed by atoms with E-state index in [2.05, 4.69) is 21.3 Å². The van der Waals surface area contributed by atoms with Crippen LogP contribution in [0.15, 0.2) is 48.8 Å². The number of aryl methyl sites for hydroxylation is 1. The zero-order chi connectivity index (χ0) is 21.1. The minimum Gasteiger partial charge on any atom is -0.351 e. The Morgan fingerprint density at radius 3 is 2.61 bits per heavy atom. The van der Waals surface area contributed by atoms with E-state index in [1.807, 2.05) is 23.6 Å². The molecule has 2 aliphatic rings. The van der Waals surface area contributed by atoms with E-state index in [-0.39, 0.29) is 5.56 Å². The molecular weight excluding hydrogens is 398 g/mol. The fraction of sp³-hybridized carbons (Fsp3) is 0.261. The topological polar surface area (TPSA) is 58.9 Å². The smallest absolute Gasteiger partial charge is 0.167 e. The summed E-state index contributed by atoms with van der Waals surface area (Å²) in [6.45, 7) is 3.87. The van der Waals surface area contributed by atoms with Crippen molar-refractivity contribution < 1.29 is 8.78 Å². The quantitative estimate of drug-likeness (QED) is 0.551. The van der Waals surface area contributed by atoms with Crippen molar-refractivity contribution in [1.29, 1.82) is 0 Å². The number of aromatic nitrogens is 4. The molecule has 6 rings (SSSR count). The molecular formula is C23H20F2N6. The van der Waals surface area contributed by atoms with Crippen LogP contribution in [-0.4, -0.2) is 44.7 Å². The normalized spacial score (nSPS) is 20.2. The van der Waals surface area contributed by atoms with Crippen molar-refractivity contribution in [2.75, 3.05) is 18.0 Å². The molecule has 5 heterocycles. The van der Waals surface area contributed by atoms with Crippen LogP contribution in [0.4, 0.5) is 14.6 Å². The van der Waals surface area contributed by atoms with Gasteiger partial charge in [-0.05, 0) is 49.2 Å². The first-order chi connectivity index (χ1) is 15.1. The summed E-state index contributed by atoms with van der Waals surface area (Å²) < 4.78 is 30.1. The molecule has 4 aromatic rings. The summed E-state index contributed by atoms with van der Waals surface area (Å²) in [4.78, 5) is 16.2. The molecule has 8 heteroatoms. The molecule has 1 aromatic carbocycles. The minimum atomic E-state index is -0.661.